The first kappa shape index (κ1) is 17.7. The summed E-state index contributed by atoms with van der Waals surface area (Å²) >= 11 is 1.60. The molecule has 3 aromatic rings. The van der Waals surface area contributed by atoms with Crippen LogP contribution in [0.3, 0.4) is 0 Å². The molecular weight excluding hydrogens is 358 g/mol. The van der Waals surface area contributed by atoms with Gasteiger partial charge in [-0.3, -0.25) is 0 Å². The SMILES string of the molecule is Cc1cnc(Nc2ccnc(Nc3ccc(N4CCN(C)CC4)cc3)n2)s1. The molecule has 0 atom stereocenters. The van der Waals surface area contributed by atoms with Gasteiger partial charge in [0.25, 0.3) is 0 Å². The number of hydrogen-bond donors (Lipinski definition) is 2. The van der Waals surface area contributed by atoms with Crippen molar-refractivity contribution in [3.05, 3.63) is 47.6 Å². The molecule has 0 unspecified atom stereocenters. The Kier molecular flexibility index (Phi) is 5.17. The Morgan fingerprint density at radius 1 is 0.963 bits per heavy atom. The van der Waals surface area contributed by atoms with Gasteiger partial charge in [0.15, 0.2) is 5.13 Å². The Bertz CT molecular complexity index is 885. The lowest BCUT2D eigenvalue weighted by molar-refractivity contribution is 0.313. The molecule has 140 valence electrons. The minimum absolute atomic E-state index is 0.556. The van der Waals surface area contributed by atoms with E-state index in [9.17, 15) is 0 Å². The summed E-state index contributed by atoms with van der Waals surface area (Å²) in [6.45, 7) is 6.37. The number of benzene rings is 1. The first-order chi connectivity index (χ1) is 13.2. The summed E-state index contributed by atoms with van der Waals surface area (Å²) in [5.41, 5.74) is 2.22. The van der Waals surface area contributed by atoms with Gasteiger partial charge in [-0.05, 0) is 44.3 Å². The summed E-state index contributed by atoms with van der Waals surface area (Å²) in [6, 6.07) is 10.3. The van der Waals surface area contributed by atoms with Crippen LogP contribution >= 0.6 is 11.3 Å². The average molecular weight is 382 g/mol. The van der Waals surface area contributed by atoms with Crippen molar-refractivity contribution in [3.8, 4) is 0 Å². The van der Waals surface area contributed by atoms with Crippen molar-refractivity contribution in [3.63, 3.8) is 0 Å². The molecule has 2 N–H and O–H groups in total. The molecular formula is C19H23N7S. The largest absolute Gasteiger partial charge is 0.369 e. The number of anilines is 5. The normalized spacial score (nSPS) is 15.0. The molecule has 1 aromatic carbocycles. The van der Waals surface area contributed by atoms with Gasteiger partial charge in [0, 0.05) is 54.8 Å². The second kappa shape index (κ2) is 7.89. The standard InChI is InChI=1S/C19H23N7S/c1-14-13-21-19(27-14)24-17-7-8-20-18(23-17)22-15-3-5-16(6-4-15)26-11-9-25(2)10-12-26/h3-8,13H,9-12H2,1-2H3,(H2,20,21,22,23,24). The topological polar surface area (TPSA) is 69.2 Å². The molecule has 27 heavy (non-hydrogen) atoms. The van der Waals surface area contributed by atoms with Gasteiger partial charge in [0.1, 0.15) is 5.82 Å². The average Bonchev–Trinajstić information content (AvgIpc) is 3.08. The molecule has 8 heteroatoms. The van der Waals surface area contributed by atoms with Crippen LogP contribution in [-0.2, 0) is 0 Å². The maximum absolute atomic E-state index is 4.51. The van der Waals surface area contributed by atoms with Gasteiger partial charge in [-0.2, -0.15) is 4.98 Å². The minimum Gasteiger partial charge on any atom is -0.369 e. The zero-order chi connectivity index (χ0) is 18.6. The molecule has 1 aliphatic rings. The molecule has 3 heterocycles. The molecule has 4 rings (SSSR count). The highest BCUT2D eigenvalue weighted by molar-refractivity contribution is 7.15. The van der Waals surface area contributed by atoms with Gasteiger partial charge in [0.2, 0.25) is 5.95 Å². The van der Waals surface area contributed by atoms with Crippen molar-refractivity contribution >= 4 is 39.6 Å². The monoisotopic (exact) mass is 381 g/mol. The zero-order valence-corrected chi connectivity index (χ0v) is 16.3. The summed E-state index contributed by atoms with van der Waals surface area (Å²) in [4.78, 5) is 19.1. The van der Waals surface area contributed by atoms with E-state index in [0.717, 1.165) is 47.7 Å². The number of nitrogens with zero attached hydrogens (tertiary/aromatic N) is 5. The number of piperazine rings is 1. The van der Waals surface area contributed by atoms with E-state index in [1.165, 1.54) is 5.69 Å². The molecule has 0 bridgehead atoms. The molecule has 0 saturated carbocycles. The lowest BCUT2D eigenvalue weighted by atomic mass is 10.2. The van der Waals surface area contributed by atoms with Crippen molar-refractivity contribution < 1.29 is 0 Å². The molecule has 1 aliphatic heterocycles. The molecule has 0 spiro atoms. The maximum Gasteiger partial charge on any atom is 0.229 e. The van der Waals surface area contributed by atoms with E-state index in [1.807, 2.05) is 19.2 Å². The smallest absolute Gasteiger partial charge is 0.229 e. The highest BCUT2D eigenvalue weighted by Crippen LogP contribution is 2.23. The van der Waals surface area contributed by atoms with Gasteiger partial charge < -0.3 is 20.4 Å². The number of rotatable bonds is 5. The van der Waals surface area contributed by atoms with Crippen LogP contribution in [0.5, 0.6) is 0 Å². The van der Waals surface area contributed by atoms with Crippen LogP contribution in [0, 0.1) is 6.92 Å². The summed E-state index contributed by atoms with van der Waals surface area (Å²) in [7, 11) is 2.17. The summed E-state index contributed by atoms with van der Waals surface area (Å²) in [6.07, 6.45) is 3.58. The Labute approximate surface area is 163 Å². The Morgan fingerprint density at radius 3 is 2.44 bits per heavy atom. The maximum atomic E-state index is 4.51. The predicted octanol–water partition coefficient (Wildman–Crippen LogP) is 3.48. The van der Waals surface area contributed by atoms with E-state index in [2.05, 4.69) is 66.7 Å². The third-order valence-electron chi connectivity index (χ3n) is 4.50. The number of aryl methyl sites for hydroxylation is 1. The highest BCUT2D eigenvalue weighted by atomic mass is 32.1. The quantitative estimate of drug-likeness (QED) is 0.701. The van der Waals surface area contributed by atoms with Crippen molar-refractivity contribution in [1.82, 2.24) is 19.9 Å². The van der Waals surface area contributed by atoms with Crippen LogP contribution in [0.25, 0.3) is 0 Å². The van der Waals surface area contributed by atoms with Crippen LogP contribution in [0.4, 0.5) is 28.3 Å². The summed E-state index contributed by atoms with van der Waals surface area (Å²) < 4.78 is 0. The van der Waals surface area contributed by atoms with Gasteiger partial charge in [-0.1, -0.05) is 0 Å². The predicted molar refractivity (Wildman–Crippen MR) is 112 cm³/mol. The molecule has 1 saturated heterocycles. The van der Waals surface area contributed by atoms with Crippen LogP contribution in [0.1, 0.15) is 4.88 Å². The van der Waals surface area contributed by atoms with E-state index in [1.54, 1.807) is 17.5 Å². The molecule has 1 fully saturated rings. The third kappa shape index (κ3) is 4.53. The van der Waals surface area contributed by atoms with Gasteiger partial charge in [0.05, 0.1) is 0 Å². The number of nitrogens with one attached hydrogen (secondary N) is 2. The Morgan fingerprint density at radius 2 is 1.74 bits per heavy atom. The summed E-state index contributed by atoms with van der Waals surface area (Å²) in [5.74, 6) is 1.27. The van der Waals surface area contributed by atoms with Crippen LogP contribution in [-0.4, -0.2) is 53.1 Å². The fourth-order valence-corrected chi connectivity index (χ4v) is 3.63. The Hall–Kier alpha value is -2.71. The fraction of sp³-hybridized carbons (Fsp3) is 0.316. The van der Waals surface area contributed by atoms with Crippen LogP contribution < -0.4 is 15.5 Å². The van der Waals surface area contributed by atoms with Crippen molar-refractivity contribution in [1.29, 1.82) is 0 Å². The van der Waals surface area contributed by atoms with E-state index in [0.29, 0.717) is 5.95 Å². The molecule has 2 aromatic heterocycles. The number of likely N-dealkylation sites (N-methyl/N-ethyl adjacent to an activating group) is 1. The summed E-state index contributed by atoms with van der Waals surface area (Å²) in [5, 5.41) is 7.31. The van der Waals surface area contributed by atoms with E-state index >= 15 is 0 Å². The van der Waals surface area contributed by atoms with Crippen LogP contribution in [0.2, 0.25) is 0 Å². The number of hydrogen-bond acceptors (Lipinski definition) is 8. The number of aromatic nitrogens is 3. The van der Waals surface area contributed by atoms with Crippen molar-refractivity contribution in [2.45, 2.75) is 6.92 Å². The van der Waals surface area contributed by atoms with E-state index < -0.39 is 0 Å². The molecule has 0 amide bonds. The van der Waals surface area contributed by atoms with Crippen molar-refractivity contribution in [2.75, 3.05) is 48.8 Å². The van der Waals surface area contributed by atoms with Gasteiger partial charge >= 0.3 is 0 Å². The molecule has 0 radical (unpaired) electrons. The Balaban J connectivity index is 1.41. The second-order valence-electron chi connectivity index (χ2n) is 6.63. The third-order valence-corrected chi connectivity index (χ3v) is 5.33. The lowest BCUT2D eigenvalue weighted by Gasteiger charge is -2.34. The zero-order valence-electron chi connectivity index (χ0n) is 15.5. The molecule has 0 aliphatic carbocycles. The first-order valence-electron chi connectivity index (χ1n) is 8.99. The highest BCUT2D eigenvalue weighted by Gasteiger charge is 2.14. The number of thiazole rings is 1. The fourth-order valence-electron chi connectivity index (χ4n) is 2.96. The second-order valence-corrected chi connectivity index (χ2v) is 7.86. The van der Waals surface area contributed by atoms with Gasteiger partial charge in [-0.15, -0.1) is 11.3 Å². The van der Waals surface area contributed by atoms with Crippen LogP contribution in [0.15, 0.2) is 42.7 Å². The van der Waals surface area contributed by atoms with E-state index in [-0.39, 0.29) is 0 Å². The lowest BCUT2D eigenvalue weighted by Crippen LogP contribution is -2.44. The first-order valence-corrected chi connectivity index (χ1v) is 9.80. The van der Waals surface area contributed by atoms with E-state index in [4.69, 9.17) is 0 Å². The molecule has 7 nitrogen and oxygen atoms in total. The van der Waals surface area contributed by atoms with Gasteiger partial charge in [-0.25, -0.2) is 9.97 Å². The minimum atomic E-state index is 0.556. The van der Waals surface area contributed by atoms with Crippen molar-refractivity contribution in [2.24, 2.45) is 0 Å².